The van der Waals surface area contributed by atoms with Crippen LogP contribution in [-0.2, 0) is 33.8 Å². The van der Waals surface area contributed by atoms with E-state index in [0.717, 1.165) is 22.4 Å². The van der Waals surface area contributed by atoms with E-state index in [0.29, 0.717) is 47.7 Å². The molecule has 1 aromatic heterocycles. The first-order valence-corrected chi connectivity index (χ1v) is 16.8. The van der Waals surface area contributed by atoms with Gasteiger partial charge in [-0.15, -0.1) is 0 Å². The molecule has 4 rings (SSSR count). The minimum Gasteiger partial charge on any atom is -0.490 e. The summed E-state index contributed by atoms with van der Waals surface area (Å²) < 4.78 is 75.0. The molecule has 0 aliphatic rings. The van der Waals surface area contributed by atoms with Crippen LogP contribution < -0.4 is 31.6 Å². The van der Waals surface area contributed by atoms with Gasteiger partial charge in [0.05, 0.1) is 40.9 Å². The molecular formula is C36H38F6N6O10. The highest BCUT2D eigenvalue weighted by Gasteiger charge is 2.39. The van der Waals surface area contributed by atoms with Crippen molar-refractivity contribution in [3.63, 3.8) is 0 Å². The fourth-order valence-corrected chi connectivity index (χ4v) is 4.94. The zero-order valence-electron chi connectivity index (χ0n) is 30.9. The second-order valence-electron chi connectivity index (χ2n) is 11.6. The van der Waals surface area contributed by atoms with Crippen molar-refractivity contribution in [1.82, 2.24) is 10.3 Å². The lowest BCUT2D eigenvalue weighted by atomic mass is 10.0. The van der Waals surface area contributed by atoms with E-state index in [1.807, 2.05) is 39.0 Å². The highest BCUT2D eigenvalue weighted by molar-refractivity contribution is 6.08. The van der Waals surface area contributed by atoms with Crippen LogP contribution in [0.4, 0.5) is 43.4 Å². The Bertz CT molecular complexity index is 2070. The first kappa shape index (κ1) is 47.4. The summed E-state index contributed by atoms with van der Waals surface area (Å²) in [5.41, 5.74) is 16.4. The number of nitrogens with one attached hydrogen (secondary N) is 2. The number of rotatable bonds is 14. The van der Waals surface area contributed by atoms with E-state index < -0.39 is 41.2 Å². The van der Waals surface area contributed by atoms with Crippen LogP contribution in [0, 0.1) is 10.1 Å². The van der Waals surface area contributed by atoms with Crippen molar-refractivity contribution in [1.29, 1.82) is 0 Å². The molecule has 0 saturated carbocycles. The number of carbonyl (C=O) groups excluding carboxylic acids is 2. The standard InChI is InChI=1S/C32H36N6O6.2C2HF3O2/c1-4-22-20(17-36-32(40)25(33)14-19-10-12-21(13-11-19)38(41)42)8-7-9-26(22)37-30-23-15-28(43-5-2)29(44-6-3)16-27(23)35-18-24(30)31(34)39;2*3-2(4,5)1(6)7/h7-13,15-16,18,25H,4-6,14,17,33H2,1-3H3,(H2,34,39)(H,35,37)(H,36,40);2*(H,6,7)/t25-;;/m1../s1. The number of hydrogen-bond acceptors (Lipinski definition) is 11. The van der Waals surface area contributed by atoms with Crippen LogP contribution in [-0.4, -0.2) is 75.5 Å². The normalized spacial score (nSPS) is 11.5. The number of non-ortho nitro benzene ring substituents is 1. The van der Waals surface area contributed by atoms with Gasteiger partial charge in [0.15, 0.2) is 11.5 Å². The number of carboxylic acids is 2. The van der Waals surface area contributed by atoms with Gasteiger partial charge in [0.25, 0.3) is 11.6 Å². The Hall–Kier alpha value is -6.71. The van der Waals surface area contributed by atoms with Gasteiger partial charge in [-0.1, -0.05) is 31.2 Å². The van der Waals surface area contributed by atoms with E-state index in [-0.39, 0.29) is 30.1 Å². The van der Waals surface area contributed by atoms with Crippen molar-refractivity contribution in [2.24, 2.45) is 11.5 Å². The number of nitrogens with zero attached hydrogens (tertiary/aromatic N) is 2. The molecular weight excluding hydrogens is 790 g/mol. The number of fused-ring (bicyclic) bond motifs is 1. The first-order chi connectivity index (χ1) is 27.0. The van der Waals surface area contributed by atoms with Crippen molar-refractivity contribution in [3.05, 3.63) is 93.2 Å². The molecule has 0 saturated heterocycles. The molecule has 16 nitrogen and oxygen atoms in total. The van der Waals surface area contributed by atoms with Gasteiger partial charge in [0, 0.05) is 42.0 Å². The van der Waals surface area contributed by atoms with Crippen LogP contribution in [0.25, 0.3) is 10.9 Å². The predicted octanol–water partition coefficient (Wildman–Crippen LogP) is 5.80. The minimum absolute atomic E-state index is 0.0277. The van der Waals surface area contributed by atoms with Gasteiger partial charge >= 0.3 is 24.3 Å². The topological polar surface area (TPSA) is 259 Å². The Kier molecular flexibility index (Phi) is 17.2. The van der Waals surface area contributed by atoms with Crippen molar-refractivity contribution < 1.29 is 70.1 Å². The summed E-state index contributed by atoms with van der Waals surface area (Å²) in [6.07, 6.45) is -7.88. The number of carbonyl (C=O) groups is 4. The average Bonchev–Trinajstić information content (AvgIpc) is 3.14. The van der Waals surface area contributed by atoms with Gasteiger partial charge in [0.2, 0.25) is 5.91 Å². The Balaban J connectivity index is 0.000000707. The van der Waals surface area contributed by atoms with Crippen molar-refractivity contribution in [2.45, 2.75) is 58.6 Å². The van der Waals surface area contributed by atoms with Gasteiger partial charge in [-0.25, -0.2) is 9.59 Å². The number of primary amides is 1. The molecule has 0 aliphatic heterocycles. The molecule has 0 spiro atoms. The van der Waals surface area contributed by atoms with Gasteiger partial charge in [0.1, 0.15) is 0 Å². The van der Waals surface area contributed by atoms with Crippen LogP contribution in [0.2, 0.25) is 0 Å². The maximum Gasteiger partial charge on any atom is 0.490 e. The van der Waals surface area contributed by atoms with Crippen LogP contribution in [0.15, 0.2) is 60.8 Å². The molecule has 3 aromatic carbocycles. The number of ether oxygens (including phenoxy) is 2. The number of halogens is 6. The second-order valence-corrected chi connectivity index (χ2v) is 11.6. The third-order valence-electron chi connectivity index (χ3n) is 7.56. The van der Waals surface area contributed by atoms with Crippen LogP contribution in [0.5, 0.6) is 11.5 Å². The fourth-order valence-electron chi connectivity index (χ4n) is 4.94. The number of aliphatic carboxylic acids is 2. The Morgan fingerprint density at radius 2 is 1.43 bits per heavy atom. The lowest BCUT2D eigenvalue weighted by Crippen LogP contribution is -2.41. The van der Waals surface area contributed by atoms with Gasteiger partial charge < -0.3 is 41.8 Å². The highest BCUT2D eigenvalue weighted by atomic mass is 19.4. The number of anilines is 2. The van der Waals surface area contributed by atoms with Gasteiger partial charge in [-0.3, -0.25) is 24.7 Å². The average molecular weight is 829 g/mol. The maximum atomic E-state index is 12.9. The Morgan fingerprint density at radius 1 is 0.897 bits per heavy atom. The molecule has 22 heteroatoms. The molecule has 58 heavy (non-hydrogen) atoms. The summed E-state index contributed by atoms with van der Waals surface area (Å²) in [6.45, 7) is 6.83. The van der Waals surface area contributed by atoms with Gasteiger partial charge in [-0.05, 0) is 55.5 Å². The van der Waals surface area contributed by atoms with E-state index in [1.165, 1.54) is 18.3 Å². The lowest BCUT2D eigenvalue weighted by Gasteiger charge is -2.20. The molecule has 1 heterocycles. The third kappa shape index (κ3) is 13.8. The number of aromatic nitrogens is 1. The number of nitro benzene ring substituents is 1. The van der Waals surface area contributed by atoms with Crippen molar-refractivity contribution in [2.75, 3.05) is 18.5 Å². The molecule has 1 atom stereocenters. The number of alkyl halides is 6. The summed E-state index contributed by atoms with van der Waals surface area (Å²) >= 11 is 0. The monoisotopic (exact) mass is 828 g/mol. The van der Waals surface area contributed by atoms with Crippen molar-refractivity contribution in [3.8, 4) is 11.5 Å². The number of amides is 2. The number of hydrogen-bond donors (Lipinski definition) is 6. The second kappa shape index (κ2) is 21.0. The number of pyridine rings is 1. The van der Waals surface area contributed by atoms with Crippen LogP contribution >= 0.6 is 0 Å². The molecule has 314 valence electrons. The molecule has 0 bridgehead atoms. The largest absolute Gasteiger partial charge is 0.490 e. The summed E-state index contributed by atoms with van der Waals surface area (Å²) in [5, 5.41) is 32.1. The predicted molar refractivity (Wildman–Crippen MR) is 196 cm³/mol. The quantitative estimate of drug-likeness (QED) is 0.0500. The summed E-state index contributed by atoms with van der Waals surface area (Å²) in [7, 11) is 0. The lowest BCUT2D eigenvalue weighted by molar-refractivity contribution is -0.384. The van der Waals surface area contributed by atoms with Crippen LogP contribution in [0.3, 0.4) is 0 Å². The summed E-state index contributed by atoms with van der Waals surface area (Å²) in [4.78, 5) is 58.0. The van der Waals surface area contributed by atoms with Crippen molar-refractivity contribution >= 4 is 51.7 Å². The number of nitro groups is 1. The molecule has 0 unspecified atom stereocenters. The molecule has 2 amide bonds. The van der Waals surface area contributed by atoms with Gasteiger partial charge in [-0.2, -0.15) is 26.3 Å². The van der Waals surface area contributed by atoms with Crippen LogP contribution in [0.1, 0.15) is 47.8 Å². The summed E-state index contributed by atoms with van der Waals surface area (Å²) in [5.74, 6) is -5.44. The fraction of sp³-hybridized carbons (Fsp3) is 0.306. The molecule has 4 aromatic rings. The van der Waals surface area contributed by atoms with E-state index >= 15 is 0 Å². The number of nitrogens with two attached hydrogens (primary N) is 2. The summed E-state index contributed by atoms with van der Waals surface area (Å²) in [6, 6.07) is 14.3. The molecule has 0 fully saturated rings. The van der Waals surface area contributed by atoms with E-state index in [2.05, 4.69) is 15.6 Å². The Morgan fingerprint density at radius 3 is 1.90 bits per heavy atom. The zero-order chi connectivity index (χ0) is 44.0. The smallest absolute Gasteiger partial charge is 0.490 e. The molecule has 0 radical (unpaired) electrons. The van der Waals surface area contributed by atoms with E-state index in [9.17, 15) is 46.0 Å². The zero-order valence-corrected chi connectivity index (χ0v) is 30.9. The number of carboxylic acid groups (broad SMARTS) is 2. The molecule has 0 aliphatic carbocycles. The SMILES string of the molecule is CCOc1cc2ncc(C(N)=O)c(Nc3cccc(CNC(=O)[C@H](N)Cc4ccc([N+](=O)[O-])cc4)c3CC)c2cc1OCC.O=C(O)C(F)(F)F.O=C(O)C(F)(F)F. The Labute approximate surface area is 325 Å². The minimum atomic E-state index is -5.08. The third-order valence-corrected chi connectivity index (χ3v) is 7.56. The van der Waals surface area contributed by atoms with E-state index in [4.69, 9.17) is 40.7 Å². The highest BCUT2D eigenvalue weighted by Crippen LogP contribution is 2.38. The first-order valence-electron chi connectivity index (χ1n) is 16.8. The maximum absolute atomic E-state index is 12.9. The van der Waals surface area contributed by atoms with E-state index in [1.54, 1.807) is 24.3 Å². The number of benzene rings is 3. The molecule has 8 N–H and O–H groups in total.